The molecule has 2 heterocycles. The Bertz CT molecular complexity index is 432. The number of nitrogens with two attached hydrogens (primary N) is 1. The van der Waals surface area contributed by atoms with Crippen molar-refractivity contribution in [3.8, 4) is 0 Å². The van der Waals surface area contributed by atoms with Gasteiger partial charge in [-0.1, -0.05) is 6.07 Å². The number of anilines is 1. The normalized spacial score (nSPS) is 34.1. The van der Waals surface area contributed by atoms with Crippen molar-refractivity contribution in [3.05, 3.63) is 23.9 Å². The third kappa shape index (κ3) is 1.81. The summed E-state index contributed by atoms with van der Waals surface area (Å²) in [6.07, 6.45) is 4.95. The molecule has 3 rings (SSSR count). The van der Waals surface area contributed by atoms with Gasteiger partial charge in [-0.3, -0.25) is 4.90 Å². The SMILES string of the molecule is CC1CC(O)(c2cccnc2N)CN1C1CC1. The molecule has 2 unspecified atom stereocenters. The first-order valence-electron chi connectivity index (χ1n) is 6.29. The predicted molar refractivity (Wildman–Crippen MR) is 66.4 cm³/mol. The van der Waals surface area contributed by atoms with Crippen molar-refractivity contribution in [1.82, 2.24) is 9.88 Å². The fourth-order valence-corrected chi connectivity index (χ4v) is 3.03. The lowest BCUT2D eigenvalue weighted by Crippen LogP contribution is -2.33. The van der Waals surface area contributed by atoms with Crippen LogP contribution in [0.25, 0.3) is 0 Å². The van der Waals surface area contributed by atoms with E-state index in [-0.39, 0.29) is 0 Å². The molecule has 0 bridgehead atoms. The van der Waals surface area contributed by atoms with Crippen LogP contribution >= 0.6 is 0 Å². The van der Waals surface area contributed by atoms with E-state index >= 15 is 0 Å². The molecule has 2 atom stereocenters. The summed E-state index contributed by atoms with van der Waals surface area (Å²) in [5.41, 5.74) is 5.85. The average molecular weight is 233 g/mol. The van der Waals surface area contributed by atoms with Gasteiger partial charge < -0.3 is 10.8 Å². The largest absolute Gasteiger partial charge is 0.384 e. The minimum absolute atomic E-state index is 0.423. The number of pyridine rings is 1. The molecule has 0 spiro atoms. The van der Waals surface area contributed by atoms with Gasteiger partial charge in [0, 0.05) is 30.4 Å². The van der Waals surface area contributed by atoms with Crippen LogP contribution in [0.3, 0.4) is 0 Å². The molecule has 17 heavy (non-hydrogen) atoms. The van der Waals surface area contributed by atoms with Gasteiger partial charge in [-0.2, -0.15) is 0 Å². The molecule has 0 amide bonds. The van der Waals surface area contributed by atoms with Crippen molar-refractivity contribution in [1.29, 1.82) is 0 Å². The lowest BCUT2D eigenvalue weighted by atomic mass is 9.92. The Kier molecular flexibility index (Phi) is 2.38. The molecule has 0 aromatic carbocycles. The standard InChI is InChI=1S/C13H19N3O/c1-9-7-13(17,8-16(9)10-4-5-10)11-3-2-6-15-12(11)14/h2-3,6,9-10,17H,4-5,7-8H2,1H3,(H2,14,15). The van der Waals surface area contributed by atoms with Gasteiger partial charge >= 0.3 is 0 Å². The second-order valence-corrected chi connectivity index (χ2v) is 5.42. The van der Waals surface area contributed by atoms with Gasteiger partial charge in [0.05, 0.1) is 0 Å². The van der Waals surface area contributed by atoms with Crippen LogP contribution in [0.1, 0.15) is 31.7 Å². The predicted octanol–water partition coefficient (Wildman–Crippen LogP) is 1.11. The number of nitrogen functional groups attached to an aromatic ring is 1. The van der Waals surface area contributed by atoms with Crippen molar-refractivity contribution in [2.45, 2.75) is 43.9 Å². The number of rotatable bonds is 2. The quantitative estimate of drug-likeness (QED) is 0.803. The molecule has 1 saturated carbocycles. The van der Waals surface area contributed by atoms with Crippen LogP contribution in [0.5, 0.6) is 0 Å². The van der Waals surface area contributed by atoms with Gasteiger partial charge in [0.25, 0.3) is 0 Å². The third-order valence-corrected chi connectivity index (χ3v) is 4.00. The second kappa shape index (κ2) is 3.68. The average Bonchev–Trinajstić information content (AvgIpc) is 3.06. The number of hydrogen-bond donors (Lipinski definition) is 2. The molecule has 2 aliphatic rings. The van der Waals surface area contributed by atoms with E-state index in [1.54, 1.807) is 6.20 Å². The van der Waals surface area contributed by atoms with Crippen LogP contribution in [0.15, 0.2) is 18.3 Å². The summed E-state index contributed by atoms with van der Waals surface area (Å²) in [6, 6.07) is 4.84. The van der Waals surface area contributed by atoms with E-state index in [2.05, 4.69) is 16.8 Å². The third-order valence-electron chi connectivity index (χ3n) is 4.00. The Labute approximate surface area is 101 Å². The zero-order valence-corrected chi connectivity index (χ0v) is 10.1. The van der Waals surface area contributed by atoms with E-state index in [4.69, 9.17) is 5.73 Å². The van der Waals surface area contributed by atoms with E-state index in [9.17, 15) is 5.11 Å². The van der Waals surface area contributed by atoms with Crippen LogP contribution in [-0.2, 0) is 5.60 Å². The Morgan fingerprint density at radius 2 is 2.29 bits per heavy atom. The minimum atomic E-state index is -0.819. The number of β-amino-alcohol motifs (C(OH)–C–C–N with tert-alkyl or cyclic N) is 1. The fraction of sp³-hybridized carbons (Fsp3) is 0.615. The highest BCUT2D eigenvalue weighted by Gasteiger charge is 2.47. The van der Waals surface area contributed by atoms with Gasteiger partial charge in [0.2, 0.25) is 0 Å². The maximum Gasteiger partial charge on any atom is 0.129 e. The minimum Gasteiger partial charge on any atom is -0.384 e. The van der Waals surface area contributed by atoms with Gasteiger partial charge in [-0.05, 0) is 32.3 Å². The summed E-state index contributed by atoms with van der Waals surface area (Å²) >= 11 is 0. The smallest absolute Gasteiger partial charge is 0.129 e. The molecule has 2 fully saturated rings. The number of aromatic nitrogens is 1. The van der Waals surface area contributed by atoms with E-state index in [0.29, 0.717) is 24.4 Å². The summed E-state index contributed by atoms with van der Waals surface area (Å²) in [6.45, 7) is 2.87. The molecule has 1 saturated heterocycles. The van der Waals surface area contributed by atoms with E-state index in [0.717, 1.165) is 12.0 Å². The lowest BCUT2D eigenvalue weighted by Gasteiger charge is -2.24. The van der Waals surface area contributed by atoms with Crippen LogP contribution in [0.4, 0.5) is 5.82 Å². The Morgan fingerprint density at radius 3 is 2.94 bits per heavy atom. The Morgan fingerprint density at radius 1 is 1.53 bits per heavy atom. The fourth-order valence-electron chi connectivity index (χ4n) is 3.03. The van der Waals surface area contributed by atoms with Gasteiger partial charge in [0.15, 0.2) is 0 Å². The monoisotopic (exact) mass is 233 g/mol. The highest BCUT2D eigenvalue weighted by molar-refractivity contribution is 5.43. The number of nitrogens with zero attached hydrogens (tertiary/aromatic N) is 2. The molecule has 4 heteroatoms. The van der Waals surface area contributed by atoms with Gasteiger partial charge in [0.1, 0.15) is 11.4 Å². The topological polar surface area (TPSA) is 62.4 Å². The summed E-state index contributed by atoms with van der Waals surface area (Å²) in [5, 5.41) is 10.8. The molecule has 0 radical (unpaired) electrons. The molecule has 1 aliphatic carbocycles. The van der Waals surface area contributed by atoms with Crippen molar-refractivity contribution < 1.29 is 5.11 Å². The summed E-state index contributed by atoms with van der Waals surface area (Å²) in [7, 11) is 0. The second-order valence-electron chi connectivity index (χ2n) is 5.42. The Hall–Kier alpha value is -1.13. The molecule has 1 aromatic heterocycles. The maximum atomic E-state index is 10.8. The summed E-state index contributed by atoms with van der Waals surface area (Å²) < 4.78 is 0. The summed E-state index contributed by atoms with van der Waals surface area (Å²) in [4.78, 5) is 6.49. The van der Waals surface area contributed by atoms with E-state index in [1.807, 2.05) is 12.1 Å². The van der Waals surface area contributed by atoms with Crippen LogP contribution in [0, 0.1) is 0 Å². The molecular formula is C13H19N3O. The van der Waals surface area contributed by atoms with Crippen LogP contribution in [0.2, 0.25) is 0 Å². The molecule has 92 valence electrons. The number of likely N-dealkylation sites (tertiary alicyclic amines) is 1. The van der Waals surface area contributed by atoms with E-state index < -0.39 is 5.60 Å². The van der Waals surface area contributed by atoms with Crippen molar-refractivity contribution in [2.24, 2.45) is 0 Å². The van der Waals surface area contributed by atoms with Crippen LogP contribution in [-0.4, -0.2) is 33.6 Å². The van der Waals surface area contributed by atoms with Crippen molar-refractivity contribution >= 4 is 5.82 Å². The molecule has 1 aromatic rings. The lowest BCUT2D eigenvalue weighted by molar-refractivity contribution is 0.0456. The molecule has 4 nitrogen and oxygen atoms in total. The Balaban J connectivity index is 1.90. The highest BCUT2D eigenvalue weighted by Crippen LogP contribution is 2.42. The number of hydrogen-bond acceptors (Lipinski definition) is 4. The zero-order valence-electron chi connectivity index (χ0n) is 10.1. The molecule has 1 aliphatic heterocycles. The van der Waals surface area contributed by atoms with Gasteiger partial charge in [-0.25, -0.2) is 4.98 Å². The number of aliphatic hydroxyl groups is 1. The van der Waals surface area contributed by atoms with Crippen molar-refractivity contribution in [3.63, 3.8) is 0 Å². The van der Waals surface area contributed by atoms with Crippen LogP contribution < -0.4 is 5.73 Å². The molecule has 3 N–H and O–H groups in total. The molecular weight excluding hydrogens is 214 g/mol. The zero-order chi connectivity index (χ0) is 12.0. The maximum absolute atomic E-state index is 10.8. The van der Waals surface area contributed by atoms with Gasteiger partial charge in [-0.15, -0.1) is 0 Å². The van der Waals surface area contributed by atoms with Crippen molar-refractivity contribution in [2.75, 3.05) is 12.3 Å². The highest BCUT2D eigenvalue weighted by atomic mass is 16.3. The summed E-state index contributed by atoms with van der Waals surface area (Å²) in [5.74, 6) is 0.458. The first-order chi connectivity index (χ1) is 8.10. The first kappa shape index (κ1) is 11.0. The van der Waals surface area contributed by atoms with E-state index in [1.165, 1.54) is 12.8 Å². The first-order valence-corrected chi connectivity index (χ1v) is 6.29.